The summed E-state index contributed by atoms with van der Waals surface area (Å²) in [5.41, 5.74) is 1.33. The summed E-state index contributed by atoms with van der Waals surface area (Å²) in [6.07, 6.45) is 3.33. The van der Waals surface area contributed by atoms with Crippen molar-refractivity contribution in [2.45, 2.75) is 32.7 Å². The summed E-state index contributed by atoms with van der Waals surface area (Å²) in [5.74, 6) is 1.61. The van der Waals surface area contributed by atoms with E-state index in [1.807, 2.05) is 17.5 Å². The first-order valence-corrected chi connectivity index (χ1v) is 11.1. The monoisotopic (exact) mass is 417 g/mol. The third-order valence-electron chi connectivity index (χ3n) is 4.92. The Kier molecular flexibility index (Phi) is 5.89. The first kappa shape index (κ1) is 19.3. The number of hydrogen-bond acceptors (Lipinski definition) is 7. The van der Waals surface area contributed by atoms with E-state index in [0.29, 0.717) is 30.9 Å². The van der Waals surface area contributed by atoms with Gasteiger partial charge in [-0.05, 0) is 48.3 Å². The molecule has 0 radical (unpaired) electrons. The van der Waals surface area contributed by atoms with Crippen LogP contribution in [0.4, 0.5) is 0 Å². The molecule has 0 saturated heterocycles. The molecule has 0 fully saturated rings. The topological polar surface area (TPSA) is 68.5 Å². The molecule has 0 saturated carbocycles. The molecule has 148 valence electrons. The van der Waals surface area contributed by atoms with Crippen LogP contribution >= 0.6 is 22.7 Å². The second kappa shape index (κ2) is 8.55. The number of methoxy groups -OCH3 is 1. The predicted octanol–water partition coefficient (Wildman–Crippen LogP) is 4.27. The van der Waals surface area contributed by atoms with Crippen LogP contribution < -0.4 is 0 Å². The lowest BCUT2D eigenvalue weighted by Crippen LogP contribution is -2.33. The fraction of sp³-hybridized carbons (Fsp3) is 0.450. The summed E-state index contributed by atoms with van der Waals surface area (Å²) in [7, 11) is 1.63. The van der Waals surface area contributed by atoms with Gasteiger partial charge in [0.05, 0.1) is 22.9 Å². The zero-order valence-electron chi connectivity index (χ0n) is 16.0. The number of carbonyl (C=O) groups excluding carboxylic acids is 1. The first-order chi connectivity index (χ1) is 13.6. The molecule has 8 heteroatoms. The maximum atomic E-state index is 13.2. The first-order valence-electron chi connectivity index (χ1n) is 9.40. The Morgan fingerprint density at radius 2 is 2.32 bits per heavy atom. The normalized spacial score (nSPS) is 16.1. The van der Waals surface area contributed by atoms with Crippen molar-refractivity contribution >= 4 is 28.6 Å². The smallest absolute Gasteiger partial charge is 0.264 e. The second-order valence-electron chi connectivity index (χ2n) is 7.10. The minimum atomic E-state index is -0.0000216. The van der Waals surface area contributed by atoms with E-state index in [1.165, 1.54) is 16.9 Å². The van der Waals surface area contributed by atoms with Gasteiger partial charge < -0.3 is 14.1 Å². The average Bonchev–Trinajstić information content (AvgIpc) is 3.43. The Morgan fingerprint density at radius 1 is 1.43 bits per heavy atom. The number of fused-ring (bicyclic) bond motifs is 1. The summed E-state index contributed by atoms with van der Waals surface area (Å²) >= 11 is 3.17. The van der Waals surface area contributed by atoms with Gasteiger partial charge in [0, 0.05) is 18.5 Å². The Balaban J connectivity index is 1.52. The maximum absolute atomic E-state index is 13.2. The van der Waals surface area contributed by atoms with Crippen LogP contribution in [0.2, 0.25) is 0 Å². The van der Waals surface area contributed by atoms with Crippen LogP contribution in [0.5, 0.6) is 0 Å². The van der Waals surface area contributed by atoms with Crippen molar-refractivity contribution in [3.63, 3.8) is 0 Å². The van der Waals surface area contributed by atoms with E-state index in [2.05, 4.69) is 23.2 Å². The van der Waals surface area contributed by atoms with Gasteiger partial charge in [0.1, 0.15) is 0 Å². The summed E-state index contributed by atoms with van der Waals surface area (Å²) in [5, 5.41) is 10.2. The van der Waals surface area contributed by atoms with E-state index >= 15 is 0 Å². The summed E-state index contributed by atoms with van der Waals surface area (Å²) in [6, 6.07) is 5.95. The molecular weight excluding hydrogens is 394 g/mol. The number of rotatable bonds is 7. The highest BCUT2D eigenvalue weighted by molar-refractivity contribution is 7.14. The molecule has 0 bridgehead atoms. The van der Waals surface area contributed by atoms with E-state index in [4.69, 9.17) is 9.15 Å². The molecule has 1 atom stereocenters. The van der Waals surface area contributed by atoms with Crippen LogP contribution in [-0.4, -0.2) is 41.3 Å². The largest absolute Gasteiger partial charge is 0.418 e. The molecule has 0 aromatic carbocycles. The third-order valence-corrected chi connectivity index (χ3v) is 7.00. The summed E-state index contributed by atoms with van der Waals surface area (Å²) in [4.78, 5) is 18.0. The zero-order chi connectivity index (χ0) is 19.5. The minimum Gasteiger partial charge on any atom is -0.418 e. The summed E-state index contributed by atoms with van der Waals surface area (Å²) < 4.78 is 11.0. The molecule has 28 heavy (non-hydrogen) atoms. The van der Waals surface area contributed by atoms with Crippen molar-refractivity contribution in [2.75, 3.05) is 20.3 Å². The molecule has 0 N–H and O–H groups in total. The van der Waals surface area contributed by atoms with Crippen molar-refractivity contribution in [3.8, 4) is 10.8 Å². The number of ether oxygens (including phenoxy) is 1. The van der Waals surface area contributed by atoms with Gasteiger partial charge in [0.2, 0.25) is 5.89 Å². The van der Waals surface area contributed by atoms with Gasteiger partial charge in [-0.1, -0.05) is 13.0 Å². The molecule has 1 amide bonds. The standard InChI is InChI=1S/C20H23N3O3S2/c1-13-5-6-15-14(10-13)11-17(28-15)20(24)23(7-8-25-2)12-18-21-22-19(26-18)16-4-3-9-27-16/h3-4,9,11,13H,5-8,10,12H2,1-2H3/t13-/m1/s1. The zero-order valence-corrected chi connectivity index (χ0v) is 17.6. The number of nitrogens with zero attached hydrogens (tertiary/aromatic N) is 3. The molecule has 3 aromatic rings. The fourth-order valence-electron chi connectivity index (χ4n) is 3.40. The minimum absolute atomic E-state index is 0.0000216. The second-order valence-corrected chi connectivity index (χ2v) is 9.19. The van der Waals surface area contributed by atoms with E-state index in [0.717, 1.165) is 22.6 Å². The number of hydrogen-bond donors (Lipinski definition) is 0. The van der Waals surface area contributed by atoms with Gasteiger partial charge in [0.15, 0.2) is 0 Å². The predicted molar refractivity (Wildman–Crippen MR) is 110 cm³/mol. The molecule has 3 heterocycles. The van der Waals surface area contributed by atoms with E-state index in [1.54, 1.807) is 34.7 Å². The highest BCUT2D eigenvalue weighted by Gasteiger charge is 2.25. The molecule has 6 nitrogen and oxygen atoms in total. The van der Waals surface area contributed by atoms with E-state index in [9.17, 15) is 4.79 Å². The van der Waals surface area contributed by atoms with Crippen LogP contribution in [0.15, 0.2) is 28.0 Å². The number of thiophene rings is 2. The Morgan fingerprint density at radius 3 is 3.11 bits per heavy atom. The molecule has 0 aliphatic heterocycles. The van der Waals surface area contributed by atoms with Crippen molar-refractivity contribution < 1.29 is 13.9 Å². The van der Waals surface area contributed by atoms with Gasteiger partial charge in [-0.2, -0.15) is 0 Å². The molecule has 1 aliphatic carbocycles. The lowest BCUT2D eigenvalue weighted by atomic mass is 9.90. The van der Waals surface area contributed by atoms with Gasteiger partial charge in [-0.15, -0.1) is 32.9 Å². The highest BCUT2D eigenvalue weighted by atomic mass is 32.1. The van der Waals surface area contributed by atoms with Gasteiger partial charge in [-0.25, -0.2) is 0 Å². The molecule has 3 aromatic heterocycles. The lowest BCUT2D eigenvalue weighted by molar-refractivity contribution is 0.0668. The lowest BCUT2D eigenvalue weighted by Gasteiger charge is -2.19. The van der Waals surface area contributed by atoms with Crippen LogP contribution in [0.25, 0.3) is 10.8 Å². The molecule has 4 rings (SSSR count). The third kappa shape index (κ3) is 4.19. The summed E-state index contributed by atoms with van der Waals surface area (Å²) in [6.45, 7) is 3.48. The SMILES string of the molecule is COCCN(Cc1nnc(-c2cccs2)o1)C(=O)c1cc2c(s1)CC[C@@H](C)C2. The van der Waals surface area contributed by atoms with Gasteiger partial charge in [-0.3, -0.25) is 4.79 Å². The number of aromatic nitrogens is 2. The van der Waals surface area contributed by atoms with Gasteiger partial charge >= 0.3 is 0 Å². The quantitative estimate of drug-likeness (QED) is 0.574. The van der Waals surface area contributed by atoms with Gasteiger partial charge in [0.25, 0.3) is 11.8 Å². The van der Waals surface area contributed by atoms with Crippen molar-refractivity contribution in [1.82, 2.24) is 15.1 Å². The molecular formula is C20H23N3O3S2. The Bertz CT molecular complexity index is 933. The fourth-order valence-corrected chi connectivity index (χ4v) is 5.22. The molecule has 0 unspecified atom stereocenters. The van der Waals surface area contributed by atoms with Crippen LogP contribution in [0.1, 0.15) is 39.3 Å². The van der Waals surface area contributed by atoms with E-state index in [-0.39, 0.29) is 12.5 Å². The maximum Gasteiger partial charge on any atom is 0.264 e. The van der Waals surface area contributed by atoms with Crippen molar-refractivity contribution in [2.24, 2.45) is 5.92 Å². The Labute approximate surface area is 172 Å². The van der Waals surface area contributed by atoms with Crippen molar-refractivity contribution in [3.05, 3.63) is 44.8 Å². The van der Waals surface area contributed by atoms with E-state index < -0.39 is 0 Å². The van der Waals surface area contributed by atoms with Crippen LogP contribution in [0, 0.1) is 5.92 Å². The number of carbonyl (C=O) groups is 1. The van der Waals surface area contributed by atoms with Crippen LogP contribution in [-0.2, 0) is 24.1 Å². The number of aryl methyl sites for hydroxylation is 1. The molecule has 1 aliphatic rings. The van der Waals surface area contributed by atoms with Crippen molar-refractivity contribution in [1.29, 1.82) is 0 Å². The molecule has 0 spiro atoms. The number of amides is 1. The highest BCUT2D eigenvalue weighted by Crippen LogP contribution is 2.33. The van der Waals surface area contributed by atoms with Crippen LogP contribution in [0.3, 0.4) is 0 Å². The Hall–Kier alpha value is -2.03. The average molecular weight is 418 g/mol.